The number of benzene rings is 1. The molecule has 0 aromatic heterocycles. The lowest BCUT2D eigenvalue weighted by Crippen LogP contribution is -2.47. The van der Waals surface area contributed by atoms with E-state index >= 15 is 0 Å². The zero-order chi connectivity index (χ0) is 17.6. The predicted octanol–water partition coefficient (Wildman–Crippen LogP) is 1.68. The number of imide groups is 1. The van der Waals surface area contributed by atoms with E-state index in [1.807, 2.05) is 31.2 Å². The number of nitrogens with one attached hydrogen (secondary N) is 2. The van der Waals surface area contributed by atoms with Crippen molar-refractivity contribution in [3.05, 3.63) is 35.4 Å². The number of rotatable bonds is 4. The molecule has 6 heteroatoms. The topological polar surface area (TPSA) is 78.5 Å². The largest absolute Gasteiger partial charge is 0.352 e. The highest BCUT2D eigenvalue weighted by atomic mass is 16.2. The summed E-state index contributed by atoms with van der Waals surface area (Å²) in [5.74, 6) is -0.0495. The van der Waals surface area contributed by atoms with E-state index in [-0.39, 0.29) is 24.4 Å². The Balaban J connectivity index is 1.54. The maximum absolute atomic E-state index is 13.1. The van der Waals surface area contributed by atoms with Crippen molar-refractivity contribution in [1.29, 1.82) is 0 Å². The van der Waals surface area contributed by atoms with Gasteiger partial charge >= 0.3 is 6.03 Å². The standard InChI is InChI=1S/C19H23N3O3/c1-12(13-8-9-13)20-16(23)11-22-17(24)19(21-18(22)25)10-4-6-14-5-2-3-7-15(14)19/h2-3,5,7,12-13H,4,6,8-11H2,1H3,(H,20,23)(H,21,25). The Bertz CT molecular complexity index is 743. The number of nitrogens with zero attached hydrogens (tertiary/aromatic N) is 1. The van der Waals surface area contributed by atoms with Gasteiger partial charge in [0.1, 0.15) is 12.1 Å². The molecule has 3 aliphatic rings. The van der Waals surface area contributed by atoms with Crippen LogP contribution < -0.4 is 10.6 Å². The minimum Gasteiger partial charge on any atom is -0.352 e. The van der Waals surface area contributed by atoms with Crippen LogP contribution in [0.2, 0.25) is 0 Å². The second-order valence-corrected chi connectivity index (χ2v) is 7.43. The normalized spacial score (nSPS) is 26.4. The van der Waals surface area contributed by atoms with Gasteiger partial charge < -0.3 is 10.6 Å². The highest BCUT2D eigenvalue weighted by molar-refractivity contribution is 6.09. The molecule has 1 saturated carbocycles. The Kier molecular flexibility index (Phi) is 3.78. The van der Waals surface area contributed by atoms with E-state index in [4.69, 9.17) is 0 Å². The Morgan fingerprint density at radius 2 is 2.12 bits per heavy atom. The number of carbonyl (C=O) groups excluding carboxylic acids is 3. The summed E-state index contributed by atoms with van der Waals surface area (Å²) in [6, 6.07) is 7.36. The first-order chi connectivity index (χ1) is 12.0. The van der Waals surface area contributed by atoms with Crippen molar-refractivity contribution in [1.82, 2.24) is 15.5 Å². The van der Waals surface area contributed by atoms with E-state index in [1.165, 1.54) is 0 Å². The van der Waals surface area contributed by atoms with Gasteiger partial charge in [-0.25, -0.2) is 4.79 Å². The van der Waals surface area contributed by atoms with Crippen molar-refractivity contribution < 1.29 is 14.4 Å². The molecule has 2 atom stereocenters. The highest BCUT2D eigenvalue weighted by Crippen LogP contribution is 2.39. The van der Waals surface area contributed by atoms with Crippen LogP contribution in [0.5, 0.6) is 0 Å². The van der Waals surface area contributed by atoms with Gasteiger partial charge in [0.2, 0.25) is 5.91 Å². The molecule has 1 heterocycles. The first-order valence-corrected chi connectivity index (χ1v) is 9.03. The summed E-state index contributed by atoms with van der Waals surface area (Å²) in [5, 5.41) is 5.78. The van der Waals surface area contributed by atoms with Gasteiger partial charge in [-0.2, -0.15) is 0 Å². The monoisotopic (exact) mass is 341 g/mol. The van der Waals surface area contributed by atoms with Crippen LogP contribution in [0, 0.1) is 5.92 Å². The van der Waals surface area contributed by atoms with Crippen molar-refractivity contribution in [2.45, 2.75) is 50.6 Å². The van der Waals surface area contributed by atoms with Crippen molar-refractivity contribution in [2.24, 2.45) is 5.92 Å². The molecule has 1 spiro atoms. The molecule has 6 nitrogen and oxygen atoms in total. The molecule has 2 N–H and O–H groups in total. The van der Waals surface area contributed by atoms with Gasteiger partial charge in [-0.15, -0.1) is 0 Å². The van der Waals surface area contributed by atoms with Crippen LogP contribution in [0.1, 0.15) is 43.7 Å². The molecule has 25 heavy (non-hydrogen) atoms. The summed E-state index contributed by atoms with van der Waals surface area (Å²) in [5.41, 5.74) is 0.957. The molecule has 2 fully saturated rings. The number of aryl methyl sites for hydroxylation is 1. The Hall–Kier alpha value is -2.37. The van der Waals surface area contributed by atoms with Gasteiger partial charge in [-0.3, -0.25) is 14.5 Å². The average Bonchev–Trinajstić information content (AvgIpc) is 3.41. The van der Waals surface area contributed by atoms with E-state index in [2.05, 4.69) is 10.6 Å². The van der Waals surface area contributed by atoms with E-state index in [0.29, 0.717) is 12.3 Å². The summed E-state index contributed by atoms with van der Waals surface area (Å²) in [7, 11) is 0. The summed E-state index contributed by atoms with van der Waals surface area (Å²) >= 11 is 0. The quantitative estimate of drug-likeness (QED) is 0.818. The van der Waals surface area contributed by atoms with Crippen LogP contribution in [0.15, 0.2) is 24.3 Å². The molecule has 1 aliphatic heterocycles. The van der Waals surface area contributed by atoms with Crippen LogP contribution >= 0.6 is 0 Å². The van der Waals surface area contributed by atoms with Crippen molar-refractivity contribution in [2.75, 3.05) is 6.54 Å². The van der Waals surface area contributed by atoms with Gasteiger partial charge in [-0.05, 0) is 56.1 Å². The molecule has 0 bridgehead atoms. The smallest absolute Gasteiger partial charge is 0.325 e. The number of carbonyl (C=O) groups is 3. The zero-order valence-corrected chi connectivity index (χ0v) is 14.4. The summed E-state index contributed by atoms with van der Waals surface area (Å²) in [6.07, 6.45) is 4.57. The minimum atomic E-state index is -1.01. The molecule has 0 radical (unpaired) electrons. The number of amides is 4. The maximum atomic E-state index is 13.1. The number of hydrogen-bond acceptors (Lipinski definition) is 3. The lowest BCUT2D eigenvalue weighted by Gasteiger charge is -2.33. The fraction of sp³-hybridized carbons (Fsp3) is 0.526. The first kappa shape index (κ1) is 16.1. The van der Waals surface area contributed by atoms with Gasteiger partial charge in [0.15, 0.2) is 0 Å². The second-order valence-electron chi connectivity index (χ2n) is 7.43. The van der Waals surface area contributed by atoms with Crippen LogP contribution in [-0.4, -0.2) is 35.3 Å². The molecule has 1 aromatic carbocycles. The van der Waals surface area contributed by atoms with Crippen LogP contribution in [0.25, 0.3) is 0 Å². The van der Waals surface area contributed by atoms with E-state index < -0.39 is 11.6 Å². The SMILES string of the molecule is CC(NC(=O)CN1C(=O)NC2(CCCc3ccccc32)C1=O)C1CC1. The van der Waals surface area contributed by atoms with Gasteiger partial charge in [0.25, 0.3) is 5.91 Å². The van der Waals surface area contributed by atoms with Gasteiger partial charge in [0.05, 0.1) is 0 Å². The molecule has 2 aliphatic carbocycles. The lowest BCUT2D eigenvalue weighted by atomic mass is 9.76. The van der Waals surface area contributed by atoms with E-state index in [1.54, 1.807) is 0 Å². The second kappa shape index (κ2) is 5.86. The van der Waals surface area contributed by atoms with Crippen LogP contribution in [0.4, 0.5) is 4.79 Å². The van der Waals surface area contributed by atoms with Crippen molar-refractivity contribution in [3.8, 4) is 0 Å². The number of urea groups is 1. The predicted molar refractivity (Wildman–Crippen MR) is 91.6 cm³/mol. The maximum Gasteiger partial charge on any atom is 0.325 e. The molecule has 132 valence electrons. The fourth-order valence-corrected chi connectivity index (χ4v) is 4.11. The molecule has 4 amide bonds. The first-order valence-electron chi connectivity index (χ1n) is 9.03. The minimum absolute atomic E-state index is 0.0950. The number of hydrogen-bond donors (Lipinski definition) is 2. The Labute approximate surface area is 147 Å². The van der Waals surface area contributed by atoms with Crippen molar-refractivity contribution in [3.63, 3.8) is 0 Å². The summed E-state index contributed by atoms with van der Waals surface area (Å²) in [6.45, 7) is 1.76. The zero-order valence-electron chi connectivity index (χ0n) is 14.4. The lowest BCUT2D eigenvalue weighted by molar-refractivity contribution is -0.135. The third-order valence-corrected chi connectivity index (χ3v) is 5.67. The summed E-state index contributed by atoms with van der Waals surface area (Å²) < 4.78 is 0. The van der Waals surface area contributed by atoms with E-state index in [0.717, 1.165) is 41.7 Å². The molecule has 4 rings (SSSR count). The van der Waals surface area contributed by atoms with E-state index in [9.17, 15) is 14.4 Å². The third-order valence-electron chi connectivity index (χ3n) is 5.67. The Morgan fingerprint density at radius 3 is 2.88 bits per heavy atom. The molecule has 1 saturated heterocycles. The van der Waals surface area contributed by atoms with Crippen molar-refractivity contribution >= 4 is 17.8 Å². The number of fused-ring (bicyclic) bond motifs is 2. The molecule has 1 aromatic rings. The Morgan fingerprint density at radius 1 is 1.36 bits per heavy atom. The van der Waals surface area contributed by atoms with Gasteiger partial charge in [-0.1, -0.05) is 24.3 Å². The summed E-state index contributed by atoms with van der Waals surface area (Å²) in [4.78, 5) is 38.9. The van der Waals surface area contributed by atoms with Gasteiger partial charge in [0, 0.05) is 6.04 Å². The molecular weight excluding hydrogens is 318 g/mol. The van der Waals surface area contributed by atoms with Crippen LogP contribution in [-0.2, 0) is 21.5 Å². The average molecular weight is 341 g/mol. The third kappa shape index (κ3) is 2.69. The highest BCUT2D eigenvalue weighted by Gasteiger charge is 2.54. The van der Waals surface area contributed by atoms with Crippen LogP contribution in [0.3, 0.4) is 0 Å². The molecule has 2 unspecified atom stereocenters. The molecular formula is C19H23N3O3. The fourth-order valence-electron chi connectivity index (χ4n) is 4.11.